The fourth-order valence-electron chi connectivity index (χ4n) is 10.9. The van der Waals surface area contributed by atoms with E-state index in [1.54, 1.807) is 70.3 Å². The molecule has 1 aromatic heterocycles. The molecule has 10 amide bonds. The molecule has 0 radical (unpaired) electrons. The number of aliphatic imine (C=N–C) groups is 1. The van der Waals surface area contributed by atoms with Crippen molar-refractivity contribution >= 4 is 129 Å². The SMILES string of the molecule is CC(=O)N[C@H]1CSCc2cc(CSC[C@H](NC(=O)[C@H](CC(C)C)NC(=O)[C@@H](N)CC(=O)O)C(=O)O)cc(c2)CSC[C@@H](C(=O)N[C@@H](CC(C)C)C(=O)O)NC(=O)[C@H](CCCN=C(N)N)NC(=O)[C@H](C)NC(=O)[C@@H]2CCCN2C(=O)[C@H](Cc2c[nH]c3ccccc23)NC(=O)[C@H](CO)NC1=O. The van der Waals surface area contributed by atoms with Gasteiger partial charge < -0.3 is 95.4 Å². The molecule has 1 saturated heterocycles. The maximum atomic E-state index is 14.9. The molecule has 2 aromatic carbocycles. The highest BCUT2D eigenvalue weighted by Gasteiger charge is 2.41. The average molecular weight is 1440 g/mol. The number of guanidine groups is 1. The third-order valence-corrected chi connectivity index (χ3v) is 19.1. The van der Waals surface area contributed by atoms with Crippen molar-refractivity contribution in [1.82, 2.24) is 57.7 Å². The van der Waals surface area contributed by atoms with E-state index in [0.717, 1.165) is 23.5 Å². The maximum absolute atomic E-state index is 14.9. The minimum absolute atomic E-state index is 0.00525. The average Bonchev–Trinajstić information content (AvgIpc) is 1.71. The Morgan fingerprint density at radius 2 is 1.35 bits per heavy atom. The van der Waals surface area contributed by atoms with Crippen LogP contribution < -0.4 is 65.1 Å². The van der Waals surface area contributed by atoms with Crippen molar-refractivity contribution < 1.29 is 82.8 Å². The molecule has 0 spiro atoms. The minimum atomic E-state index is -1.68. The summed E-state index contributed by atoms with van der Waals surface area (Å²) in [5.41, 5.74) is 20.1. The zero-order valence-electron chi connectivity index (χ0n) is 56.1. The van der Waals surface area contributed by atoms with Crippen LogP contribution in [0.2, 0.25) is 0 Å². The van der Waals surface area contributed by atoms with Gasteiger partial charge in [-0.2, -0.15) is 35.3 Å². The second kappa shape index (κ2) is 39.8. The first-order valence-corrected chi connectivity index (χ1v) is 35.8. The maximum Gasteiger partial charge on any atom is 0.327 e. The number of nitrogens with zero attached hydrogens (tertiary/aromatic N) is 2. The van der Waals surface area contributed by atoms with Crippen LogP contribution in [0.15, 0.2) is 53.7 Å². The highest BCUT2D eigenvalue weighted by molar-refractivity contribution is 7.99. The topological polar surface area (TPSA) is 521 Å². The van der Waals surface area contributed by atoms with E-state index in [4.69, 9.17) is 22.3 Å². The zero-order valence-corrected chi connectivity index (χ0v) is 58.5. The van der Waals surface area contributed by atoms with Crippen molar-refractivity contribution in [3.8, 4) is 0 Å². The summed E-state index contributed by atoms with van der Waals surface area (Å²) in [6.07, 6.45) is 1.33. The second-order valence-corrected chi connectivity index (χ2v) is 28.2. The number of fused-ring (bicyclic) bond motifs is 4. The van der Waals surface area contributed by atoms with Gasteiger partial charge in [-0.1, -0.05) is 64.1 Å². The van der Waals surface area contributed by atoms with Crippen molar-refractivity contribution in [3.63, 3.8) is 0 Å². The summed E-state index contributed by atoms with van der Waals surface area (Å²) in [6.45, 7) is 8.65. The Labute approximate surface area is 585 Å². The lowest BCUT2D eigenvalue weighted by atomic mass is 10.0. The molecule has 3 aromatic rings. The van der Waals surface area contributed by atoms with E-state index in [0.29, 0.717) is 39.6 Å². The molecule has 2 aliphatic heterocycles. The number of H-pyrrole nitrogens is 1. The van der Waals surface area contributed by atoms with Crippen molar-refractivity contribution in [2.24, 2.45) is 34.0 Å². The predicted molar refractivity (Wildman–Crippen MR) is 372 cm³/mol. The van der Waals surface area contributed by atoms with Gasteiger partial charge in [0.05, 0.1) is 19.1 Å². The van der Waals surface area contributed by atoms with E-state index in [1.165, 1.54) is 30.5 Å². The van der Waals surface area contributed by atoms with Gasteiger partial charge in [-0.05, 0) is 85.6 Å². The summed E-state index contributed by atoms with van der Waals surface area (Å²) in [6, 6.07) is -2.91. The zero-order chi connectivity index (χ0) is 73.2. The molecule has 20 N–H and O–H groups in total. The van der Waals surface area contributed by atoms with Crippen molar-refractivity contribution in [2.45, 2.75) is 177 Å². The fraction of sp³-hybridized carbons (Fsp3) is 0.562. The molecular weight excluding hydrogens is 1350 g/mol. The van der Waals surface area contributed by atoms with Crippen LogP contribution in [-0.2, 0) is 86.0 Å². The summed E-state index contributed by atoms with van der Waals surface area (Å²) in [5, 5.41) is 64.3. The Bertz CT molecular complexity index is 3410. The molecule has 32 nitrogen and oxygen atoms in total. The number of nitrogens with two attached hydrogens (primary N) is 3. The van der Waals surface area contributed by atoms with Gasteiger partial charge in [0, 0.05) is 78.1 Å². The summed E-state index contributed by atoms with van der Waals surface area (Å²) in [5.74, 6) is -13.2. The number of carboxylic acids is 3. The number of aliphatic hydroxyl groups excluding tert-OH is 1. The Balaban J connectivity index is 1.55. The van der Waals surface area contributed by atoms with Crippen LogP contribution in [0.4, 0.5) is 0 Å². The summed E-state index contributed by atoms with van der Waals surface area (Å²) in [4.78, 5) is 185. The summed E-state index contributed by atoms with van der Waals surface area (Å²) >= 11 is 3.43. The standard InChI is InChI=1S/C64H93N15O17S3/c1-32(2)17-44(73-54(85)41(65)23-52(82)83)56(87)78-50(63(95)96)31-99-28-38-20-36-19-37(21-38)27-98-30-49(59(90)75-46(62(93)94)18-33(3)4)77-55(86)43(13-9-15-68-64(66)67)72-53(84)34(5)70-60(91)51-14-10-16-79(51)61(92)45(22-39-24-69-42-12-8-7-11-40(39)42)74-57(88)47(25-80)76-58(89)48(29-97-26-36)71-35(6)81/h7-8,11-12,19-21,24,32-34,41,43-51,69,80H,9-10,13-18,22-23,25-31,65H2,1-6H3,(H,70,91)(H,71,81)(H,72,84)(H,73,85)(H,74,88)(H,75,90)(H,76,89)(H,77,86)(H,78,87)(H,82,83)(H,93,94)(H,95,96)(H4,66,67,68)/t34-,41-,43-,44-,45-,46-,47-,48-,49-,50-,51-/m0/s1. The normalized spacial score (nSPS) is 21.5. The van der Waals surface area contributed by atoms with Crippen LogP contribution in [0.5, 0.6) is 0 Å². The van der Waals surface area contributed by atoms with Gasteiger partial charge in [0.1, 0.15) is 60.4 Å². The second-order valence-electron chi connectivity index (χ2n) is 25.1. The molecule has 35 heteroatoms. The molecular formula is C64H93N15O17S3. The number of aliphatic carboxylic acids is 3. The number of carbonyl (C=O) groups excluding carboxylic acids is 10. The Kier molecular flexibility index (Phi) is 32.6. The Hall–Kier alpha value is -8.67. The van der Waals surface area contributed by atoms with Gasteiger partial charge in [0.25, 0.3) is 0 Å². The summed E-state index contributed by atoms with van der Waals surface area (Å²) in [7, 11) is 0. The van der Waals surface area contributed by atoms with Crippen LogP contribution >= 0.6 is 35.3 Å². The molecule has 0 unspecified atom stereocenters. The third-order valence-electron chi connectivity index (χ3n) is 15.8. The highest BCUT2D eigenvalue weighted by Crippen LogP contribution is 2.27. The molecule has 11 atom stereocenters. The minimum Gasteiger partial charge on any atom is -0.481 e. The number of hydrogen-bond acceptors (Lipinski definition) is 19. The largest absolute Gasteiger partial charge is 0.481 e. The van der Waals surface area contributed by atoms with Gasteiger partial charge in [0.15, 0.2) is 5.96 Å². The van der Waals surface area contributed by atoms with E-state index in [-0.39, 0.29) is 104 Å². The van der Waals surface area contributed by atoms with E-state index in [1.807, 2.05) is 6.07 Å². The van der Waals surface area contributed by atoms with E-state index >= 15 is 0 Å². The lowest BCUT2D eigenvalue weighted by Crippen LogP contribution is -2.60. The van der Waals surface area contributed by atoms with Crippen LogP contribution in [0.3, 0.4) is 0 Å². The van der Waals surface area contributed by atoms with Crippen LogP contribution in [0.25, 0.3) is 10.9 Å². The van der Waals surface area contributed by atoms with Gasteiger partial charge in [-0.25, -0.2) is 9.59 Å². The number of amides is 10. The summed E-state index contributed by atoms with van der Waals surface area (Å²) < 4.78 is 0. The number of carbonyl (C=O) groups is 13. The number of thioether (sulfide) groups is 3. The molecule has 544 valence electrons. The molecule has 1 fully saturated rings. The highest BCUT2D eigenvalue weighted by atomic mass is 32.2. The van der Waals surface area contributed by atoms with E-state index < -0.39 is 156 Å². The fourth-order valence-corrected chi connectivity index (χ4v) is 13.9. The third kappa shape index (κ3) is 26.5. The molecule has 0 saturated carbocycles. The van der Waals surface area contributed by atoms with Crippen LogP contribution in [0, 0.1) is 11.8 Å². The number of para-hydroxylation sites is 1. The Morgan fingerprint density at radius 1 is 0.737 bits per heavy atom. The first kappa shape index (κ1) is 81.0. The number of aliphatic hydroxyl groups is 1. The molecule has 2 aliphatic rings. The van der Waals surface area contributed by atoms with Gasteiger partial charge in [-0.3, -0.25) is 57.7 Å². The number of benzene rings is 2. The lowest BCUT2D eigenvalue weighted by Gasteiger charge is -2.30. The smallest absolute Gasteiger partial charge is 0.327 e. The molecule has 0 aliphatic carbocycles. The van der Waals surface area contributed by atoms with Gasteiger partial charge in [0.2, 0.25) is 59.1 Å². The Morgan fingerprint density at radius 3 is 1.98 bits per heavy atom. The molecule has 2 bridgehead atoms. The lowest BCUT2D eigenvalue weighted by molar-refractivity contribution is -0.143. The number of nitrogens with one attached hydrogen (secondary N) is 10. The van der Waals surface area contributed by atoms with Crippen LogP contribution in [-0.4, -0.2) is 217 Å². The monoisotopic (exact) mass is 1440 g/mol. The van der Waals surface area contributed by atoms with Crippen molar-refractivity contribution in [1.29, 1.82) is 0 Å². The number of hydrogen-bond donors (Lipinski definition) is 17. The van der Waals surface area contributed by atoms with Crippen LogP contribution in [0.1, 0.15) is 109 Å². The molecule has 5 rings (SSSR count). The van der Waals surface area contributed by atoms with E-state index in [9.17, 15) is 77.6 Å². The first-order chi connectivity index (χ1) is 46.8. The van der Waals surface area contributed by atoms with Crippen molar-refractivity contribution in [3.05, 3.63) is 70.9 Å². The molecule has 99 heavy (non-hydrogen) atoms. The quantitative estimate of drug-likeness (QED) is 0.0250. The molecule has 3 heterocycles. The number of aromatic amines is 1. The van der Waals surface area contributed by atoms with Gasteiger partial charge in [-0.15, -0.1) is 0 Å². The predicted octanol–water partition coefficient (Wildman–Crippen LogP) is -1.37. The van der Waals surface area contributed by atoms with Gasteiger partial charge >= 0.3 is 17.9 Å². The number of aromatic nitrogens is 1. The number of carboxylic acid groups (broad SMARTS) is 3. The van der Waals surface area contributed by atoms with Crippen molar-refractivity contribution in [2.75, 3.05) is 37.0 Å². The first-order valence-electron chi connectivity index (χ1n) is 32.3. The van der Waals surface area contributed by atoms with E-state index in [2.05, 4.69) is 57.8 Å². The number of rotatable bonds is 26.